The third-order valence-corrected chi connectivity index (χ3v) is 7.19. The van der Waals surface area contributed by atoms with Gasteiger partial charge in [-0.05, 0) is 45.3 Å². The molecule has 6 heteroatoms. The number of anilines is 1. The van der Waals surface area contributed by atoms with Gasteiger partial charge in [0.2, 0.25) is 6.71 Å². The molecule has 0 spiro atoms. The Labute approximate surface area is 220 Å². The number of rotatable bonds is 2. The van der Waals surface area contributed by atoms with Crippen molar-refractivity contribution in [2.75, 3.05) is 11.9 Å². The topological polar surface area (TPSA) is 34.6 Å². The zero-order valence-corrected chi connectivity index (χ0v) is 22.9. The molecule has 0 unspecified atom stereocenters. The summed E-state index contributed by atoms with van der Waals surface area (Å²) in [5.41, 5.74) is 8.46. The van der Waals surface area contributed by atoms with Crippen molar-refractivity contribution in [2.24, 2.45) is 0 Å². The van der Waals surface area contributed by atoms with Crippen molar-refractivity contribution in [3.63, 3.8) is 0 Å². The van der Waals surface area contributed by atoms with Gasteiger partial charge in [-0.2, -0.15) is 0 Å². The molecule has 35 heavy (non-hydrogen) atoms. The van der Waals surface area contributed by atoms with E-state index in [1.54, 1.807) is 0 Å². The molecule has 0 bridgehead atoms. The van der Waals surface area contributed by atoms with Crippen LogP contribution < -0.4 is 30.8 Å². The van der Waals surface area contributed by atoms with Crippen molar-refractivity contribution < 1.29 is 29.6 Å². The summed E-state index contributed by atoms with van der Waals surface area (Å²) in [7, 11) is 2.05. The standard InChI is InChI=1S/C29H26BN2O2.Ir/c1-18-9-8-10-19(2)26(18)30-21-11-6-7-12-24(21)33-25-14-13-20(17-22(25)30)27-28-23(15-16-31-27)32(5)29(3,4)34-28;/h6-12,14-17H,1-5H3;/q-1;. The first kappa shape index (κ1) is 23.7. The largest absolute Gasteiger partial charge is 0.503 e. The number of hydrogen-bond donors (Lipinski definition) is 0. The predicted molar refractivity (Wildman–Crippen MR) is 139 cm³/mol. The van der Waals surface area contributed by atoms with E-state index in [0.29, 0.717) is 0 Å². The van der Waals surface area contributed by atoms with Crippen LogP contribution in [0.3, 0.4) is 0 Å². The average molecular weight is 638 g/mol. The first-order valence-corrected chi connectivity index (χ1v) is 11.7. The summed E-state index contributed by atoms with van der Waals surface area (Å²) in [6.07, 6.45) is 1.84. The van der Waals surface area contributed by atoms with Crippen LogP contribution in [0.15, 0.2) is 66.9 Å². The molecule has 2 aliphatic heterocycles. The van der Waals surface area contributed by atoms with Gasteiger partial charge in [-0.25, -0.2) is 0 Å². The number of hydrogen-bond acceptors (Lipinski definition) is 4. The molecule has 0 N–H and O–H groups in total. The van der Waals surface area contributed by atoms with Crippen molar-refractivity contribution >= 4 is 28.8 Å². The Kier molecular flexibility index (Phi) is 5.78. The number of aromatic nitrogens is 1. The van der Waals surface area contributed by atoms with E-state index < -0.39 is 5.72 Å². The van der Waals surface area contributed by atoms with Gasteiger partial charge in [0.05, 0.1) is 5.69 Å². The molecule has 6 rings (SSSR count). The predicted octanol–water partition coefficient (Wildman–Crippen LogP) is 4.35. The number of benzene rings is 3. The smallest absolute Gasteiger partial charge is 0.231 e. The summed E-state index contributed by atoms with van der Waals surface area (Å²) in [6, 6.07) is 24.4. The molecule has 0 saturated heterocycles. The summed E-state index contributed by atoms with van der Waals surface area (Å²) in [5, 5.41) is 0. The molecule has 4 nitrogen and oxygen atoms in total. The Balaban J connectivity index is 0.00000253. The van der Waals surface area contributed by atoms with Gasteiger partial charge in [-0.1, -0.05) is 53.0 Å². The van der Waals surface area contributed by atoms with Gasteiger partial charge in [0, 0.05) is 44.8 Å². The van der Waals surface area contributed by atoms with Crippen LogP contribution in [0.25, 0.3) is 11.3 Å². The van der Waals surface area contributed by atoms with E-state index in [4.69, 9.17) is 14.5 Å². The molecule has 3 aromatic carbocycles. The van der Waals surface area contributed by atoms with Gasteiger partial charge in [0.25, 0.3) is 0 Å². The third kappa shape index (κ3) is 3.67. The number of aryl methyl sites for hydroxylation is 2. The van der Waals surface area contributed by atoms with Crippen LogP contribution in [0, 0.1) is 19.9 Å². The second kappa shape index (κ2) is 8.55. The molecule has 2 aliphatic rings. The van der Waals surface area contributed by atoms with E-state index in [0.717, 1.165) is 39.7 Å². The summed E-state index contributed by atoms with van der Waals surface area (Å²) in [4.78, 5) is 6.87. The van der Waals surface area contributed by atoms with Crippen molar-refractivity contribution in [1.82, 2.24) is 4.98 Å². The first-order valence-electron chi connectivity index (χ1n) is 11.7. The number of ether oxygens (including phenoxy) is 2. The zero-order chi connectivity index (χ0) is 23.6. The fourth-order valence-corrected chi connectivity index (χ4v) is 5.24. The maximum absolute atomic E-state index is 6.35. The third-order valence-electron chi connectivity index (χ3n) is 7.19. The van der Waals surface area contributed by atoms with Gasteiger partial charge in [-0.15, -0.1) is 29.2 Å². The molecule has 1 radical (unpaired) electrons. The van der Waals surface area contributed by atoms with Gasteiger partial charge in [0.1, 0.15) is 11.5 Å². The van der Waals surface area contributed by atoms with Gasteiger partial charge >= 0.3 is 0 Å². The van der Waals surface area contributed by atoms with Gasteiger partial charge in [-0.3, -0.25) is 0 Å². The average Bonchev–Trinajstić information content (AvgIpc) is 3.06. The number of para-hydroxylation sites is 1. The molecule has 0 fully saturated rings. The second-order valence-corrected chi connectivity index (χ2v) is 9.66. The number of pyridine rings is 1. The molecule has 0 atom stereocenters. The Morgan fingerprint density at radius 2 is 1.69 bits per heavy atom. The van der Waals surface area contributed by atoms with Gasteiger partial charge in [0.15, 0.2) is 5.72 Å². The van der Waals surface area contributed by atoms with E-state index in [1.807, 2.05) is 37.5 Å². The monoisotopic (exact) mass is 638 g/mol. The van der Waals surface area contributed by atoms with E-state index in [1.165, 1.54) is 22.1 Å². The quantitative estimate of drug-likeness (QED) is 0.213. The maximum Gasteiger partial charge on any atom is 0.231 e. The Bertz CT molecular complexity index is 1430. The molecule has 0 amide bonds. The maximum atomic E-state index is 6.35. The first-order chi connectivity index (χ1) is 16.3. The van der Waals surface area contributed by atoms with Crippen molar-refractivity contribution in [3.8, 4) is 28.5 Å². The van der Waals surface area contributed by atoms with Crippen molar-refractivity contribution in [2.45, 2.75) is 33.4 Å². The van der Waals surface area contributed by atoms with E-state index in [2.05, 4.69) is 75.1 Å². The number of fused-ring (bicyclic) bond motifs is 3. The Hall–Kier alpha value is -3.08. The zero-order valence-electron chi connectivity index (χ0n) is 20.5. The van der Waals surface area contributed by atoms with Crippen LogP contribution >= 0.6 is 0 Å². The Morgan fingerprint density at radius 3 is 2.46 bits per heavy atom. The van der Waals surface area contributed by atoms with E-state index in [-0.39, 0.29) is 26.8 Å². The minimum atomic E-state index is -0.433. The molecule has 1 aromatic heterocycles. The van der Waals surface area contributed by atoms with Crippen LogP contribution in [-0.2, 0) is 20.1 Å². The van der Waals surface area contributed by atoms with Crippen LogP contribution in [-0.4, -0.2) is 24.5 Å². The summed E-state index contributed by atoms with van der Waals surface area (Å²) >= 11 is 0. The van der Waals surface area contributed by atoms with Crippen LogP contribution in [0.5, 0.6) is 17.2 Å². The fourth-order valence-electron chi connectivity index (χ4n) is 5.24. The van der Waals surface area contributed by atoms with Crippen LogP contribution in [0.2, 0.25) is 0 Å². The van der Waals surface area contributed by atoms with Crippen LogP contribution in [0.1, 0.15) is 25.0 Å². The van der Waals surface area contributed by atoms with Gasteiger partial charge < -0.3 is 19.4 Å². The molecule has 4 aromatic rings. The molecule has 177 valence electrons. The molecule has 0 saturated carbocycles. The minimum Gasteiger partial charge on any atom is -0.503 e. The minimum absolute atomic E-state index is 0. The second-order valence-electron chi connectivity index (χ2n) is 9.66. The number of nitrogens with zero attached hydrogens (tertiary/aromatic N) is 2. The summed E-state index contributed by atoms with van der Waals surface area (Å²) in [5.74, 6) is 2.53. The molecular weight excluding hydrogens is 611 g/mol. The SMILES string of the molecule is Cc1cccc(C)c1B1c2ccccc2Oc2c[c-]c(-c3nccc4c3OC(C)(C)N4C)cc21.[Ir]. The van der Waals surface area contributed by atoms with Crippen molar-refractivity contribution in [3.05, 3.63) is 84.1 Å². The molecule has 3 heterocycles. The van der Waals surface area contributed by atoms with E-state index >= 15 is 0 Å². The van der Waals surface area contributed by atoms with E-state index in [9.17, 15) is 0 Å². The summed E-state index contributed by atoms with van der Waals surface area (Å²) < 4.78 is 12.7. The molecular formula is C29H26BIrN2O2-. The van der Waals surface area contributed by atoms with Crippen LogP contribution in [0.4, 0.5) is 5.69 Å². The normalized spacial score (nSPS) is 14.8. The van der Waals surface area contributed by atoms with Crippen molar-refractivity contribution in [1.29, 1.82) is 0 Å². The Morgan fingerprint density at radius 1 is 0.943 bits per heavy atom. The summed E-state index contributed by atoms with van der Waals surface area (Å²) in [6.45, 7) is 8.57. The molecule has 0 aliphatic carbocycles. The fraction of sp³-hybridized carbons (Fsp3) is 0.207.